The Labute approximate surface area is 124 Å². The minimum Gasteiger partial charge on any atom is -0.481 e. The Balaban J connectivity index is 1.80. The van der Waals surface area contributed by atoms with Crippen molar-refractivity contribution in [1.82, 2.24) is 10.6 Å². The highest BCUT2D eigenvalue weighted by molar-refractivity contribution is 5.77. The van der Waals surface area contributed by atoms with Gasteiger partial charge >= 0.3 is 12.0 Å². The number of benzene rings is 1. The van der Waals surface area contributed by atoms with E-state index in [-0.39, 0.29) is 12.1 Å². The van der Waals surface area contributed by atoms with Crippen LogP contribution >= 0.6 is 0 Å². The van der Waals surface area contributed by atoms with Gasteiger partial charge in [0.25, 0.3) is 0 Å². The van der Waals surface area contributed by atoms with Crippen molar-refractivity contribution in [2.45, 2.75) is 45.2 Å². The lowest BCUT2D eigenvalue weighted by molar-refractivity contribution is -0.142. The molecule has 2 atom stereocenters. The Hall–Kier alpha value is -2.04. The fourth-order valence-corrected chi connectivity index (χ4v) is 2.72. The maximum absolute atomic E-state index is 11.8. The van der Waals surface area contributed by atoms with Crippen molar-refractivity contribution < 1.29 is 14.7 Å². The highest BCUT2D eigenvalue weighted by atomic mass is 16.4. The summed E-state index contributed by atoms with van der Waals surface area (Å²) in [6.07, 6.45) is 3.21. The summed E-state index contributed by atoms with van der Waals surface area (Å²) >= 11 is 0. The molecule has 3 N–H and O–H groups in total. The molecule has 0 aromatic heterocycles. The number of carboxylic acid groups (broad SMARTS) is 1. The van der Waals surface area contributed by atoms with Crippen LogP contribution in [0, 0.1) is 5.92 Å². The lowest BCUT2D eigenvalue weighted by Gasteiger charge is -2.18. The van der Waals surface area contributed by atoms with E-state index in [4.69, 9.17) is 5.11 Å². The van der Waals surface area contributed by atoms with Gasteiger partial charge in [0.15, 0.2) is 0 Å². The average Bonchev–Trinajstić information content (AvgIpc) is 2.94. The molecule has 2 amide bonds. The summed E-state index contributed by atoms with van der Waals surface area (Å²) in [7, 11) is 0. The van der Waals surface area contributed by atoms with Crippen LogP contribution in [-0.2, 0) is 17.8 Å². The Bertz CT molecular complexity index is 499. The van der Waals surface area contributed by atoms with Gasteiger partial charge in [-0.1, -0.05) is 37.6 Å². The number of nitrogens with one attached hydrogen (secondary N) is 2. The Morgan fingerprint density at radius 1 is 1.19 bits per heavy atom. The molecule has 21 heavy (non-hydrogen) atoms. The third-order valence-electron chi connectivity index (χ3n) is 4.03. The molecule has 1 saturated carbocycles. The molecular weight excluding hydrogens is 268 g/mol. The molecule has 5 nitrogen and oxygen atoms in total. The molecule has 1 fully saturated rings. The monoisotopic (exact) mass is 290 g/mol. The van der Waals surface area contributed by atoms with Gasteiger partial charge in [0, 0.05) is 12.6 Å². The van der Waals surface area contributed by atoms with Crippen LogP contribution in [0.2, 0.25) is 0 Å². The minimum absolute atomic E-state index is 0.259. The first-order valence-corrected chi connectivity index (χ1v) is 7.45. The molecule has 5 heteroatoms. The first kappa shape index (κ1) is 15.4. The Morgan fingerprint density at radius 3 is 2.48 bits per heavy atom. The second kappa shape index (κ2) is 7.11. The molecule has 1 aromatic rings. The number of rotatable bonds is 5. The van der Waals surface area contributed by atoms with Gasteiger partial charge in [0.1, 0.15) is 0 Å². The van der Waals surface area contributed by atoms with Crippen LogP contribution in [-0.4, -0.2) is 23.1 Å². The smallest absolute Gasteiger partial charge is 0.315 e. The molecule has 0 spiro atoms. The number of amides is 2. The number of hydrogen-bond acceptors (Lipinski definition) is 2. The maximum atomic E-state index is 11.8. The normalized spacial score (nSPS) is 21.0. The predicted octanol–water partition coefficient (Wildman–Crippen LogP) is 2.30. The molecule has 2 rings (SSSR count). The molecule has 2 unspecified atom stereocenters. The van der Waals surface area contributed by atoms with Crippen LogP contribution in [0.1, 0.15) is 37.3 Å². The lowest BCUT2D eigenvalue weighted by Crippen LogP contribution is -2.45. The highest BCUT2D eigenvalue weighted by Crippen LogP contribution is 2.25. The van der Waals surface area contributed by atoms with E-state index in [2.05, 4.69) is 17.6 Å². The molecule has 0 radical (unpaired) electrons. The largest absolute Gasteiger partial charge is 0.481 e. The molecule has 1 aromatic carbocycles. The van der Waals surface area contributed by atoms with Gasteiger partial charge in [-0.2, -0.15) is 0 Å². The number of aliphatic carboxylic acids is 1. The summed E-state index contributed by atoms with van der Waals surface area (Å²) in [4.78, 5) is 22.9. The fraction of sp³-hybridized carbons (Fsp3) is 0.500. The Kier molecular flexibility index (Phi) is 5.20. The summed E-state index contributed by atoms with van der Waals surface area (Å²) in [5.41, 5.74) is 2.29. The van der Waals surface area contributed by atoms with E-state index in [1.54, 1.807) is 0 Å². The quantitative estimate of drug-likeness (QED) is 0.778. The minimum atomic E-state index is -0.826. The number of aryl methyl sites for hydroxylation is 1. The van der Waals surface area contributed by atoms with E-state index in [1.165, 1.54) is 5.56 Å². The van der Waals surface area contributed by atoms with Crippen molar-refractivity contribution in [3.8, 4) is 0 Å². The van der Waals surface area contributed by atoms with E-state index in [0.29, 0.717) is 13.0 Å². The van der Waals surface area contributed by atoms with Crippen LogP contribution in [0.5, 0.6) is 0 Å². The van der Waals surface area contributed by atoms with E-state index in [9.17, 15) is 9.59 Å². The van der Waals surface area contributed by atoms with Crippen molar-refractivity contribution in [1.29, 1.82) is 0 Å². The zero-order valence-corrected chi connectivity index (χ0v) is 12.3. The van der Waals surface area contributed by atoms with E-state index < -0.39 is 11.9 Å². The first-order valence-electron chi connectivity index (χ1n) is 7.45. The molecule has 1 aliphatic carbocycles. The van der Waals surface area contributed by atoms with Crippen LogP contribution in [0.25, 0.3) is 0 Å². The third kappa shape index (κ3) is 4.21. The number of hydrogen-bond donors (Lipinski definition) is 3. The van der Waals surface area contributed by atoms with Gasteiger partial charge in [-0.3, -0.25) is 4.79 Å². The summed E-state index contributed by atoms with van der Waals surface area (Å²) in [5.74, 6) is -1.28. The number of carbonyl (C=O) groups is 2. The number of carbonyl (C=O) groups excluding carboxylic acids is 1. The third-order valence-corrected chi connectivity index (χ3v) is 4.03. The van der Waals surface area contributed by atoms with Crippen LogP contribution < -0.4 is 10.6 Å². The van der Waals surface area contributed by atoms with Crippen molar-refractivity contribution in [3.05, 3.63) is 35.4 Å². The number of carboxylic acids is 1. The Morgan fingerprint density at radius 2 is 1.86 bits per heavy atom. The van der Waals surface area contributed by atoms with Gasteiger partial charge in [-0.15, -0.1) is 0 Å². The molecule has 1 aliphatic rings. The molecule has 0 saturated heterocycles. The maximum Gasteiger partial charge on any atom is 0.315 e. The molecule has 0 bridgehead atoms. The predicted molar refractivity (Wildman–Crippen MR) is 80.0 cm³/mol. The summed E-state index contributed by atoms with van der Waals surface area (Å²) in [5, 5.41) is 14.6. The molecular formula is C16H22N2O3. The molecule has 114 valence electrons. The zero-order valence-electron chi connectivity index (χ0n) is 12.3. The van der Waals surface area contributed by atoms with Gasteiger partial charge in [0.05, 0.1) is 5.92 Å². The van der Waals surface area contributed by atoms with Gasteiger partial charge < -0.3 is 15.7 Å². The van der Waals surface area contributed by atoms with E-state index in [0.717, 1.165) is 24.8 Å². The molecule has 0 aliphatic heterocycles. The topological polar surface area (TPSA) is 78.4 Å². The van der Waals surface area contributed by atoms with Crippen LogP contribution in [0.15, 0.2) is 24.3 Å². The lowest BCUT2D eigenvalue weighted by atomic mass is 10.0. The van der Waals surface area contributed by atoms with Crippen LogP contribution in [0.4, 0.5) is 4.79 Å². The summed E-state index contributed by atoms with van der Waals surface area (Å²) in [6, 6.07) is 7.53. The summed E-state index contributed by atoms with van der Waals surface area (Å²) < 4.78 is 0. The van der Waals surface area contributed by atoms with Gasteiger partial charge in [-0.25, -0.2) is 4.79 Å². The van der Waals surface area contributed by atoms with Crippen molar-refractivity contribution in [2.75, 3.05) is 0 Å². The van der Waals surface area contributed by atoms with Crippen molar-refractivity contribution in [2.24, 2.45) is 5.92 Å². The highest BCUT2D eigenvalue weighted by Gasteiger charge is 2.33. The second-order valence-corrected chi connectivity index (χ2v) is 5.48. The van der Waals surface area contributed by atoms with Crippen molar-refractivity contribution >= 4 is 12.0 Å². The summed E-state index contributed by atoms with van der Waals surface area (Å²) in [6.45, 7) is 2.54. The standard InChI is InChI=1S/C16H22N2O3/c1-2-11-6-8-12(9-7-11)10-17-16(21)18-14-5-3-4-13(14)15(19)20/h6-9,13-14H,2-5,10H2,1H3,(H,19,20)(H2,17,18,21). The first-order chi connectivity index (χ1) is 10.1. The second-order valence-electron chi connectivity index (χ2n) is 5.48. The van der Waals surface area contributed by atoms with E-state index in [1.807, 2.05) is 24.3 Å². The van der Waals surface area contributed by atoms with Crippen molar-refractivity contribution in [3.63, 3.8) is 0 Å². The average molecular weight is 290 g/mol. The molecule has 0 heterocycles. The fourth-order valence-electron chi connectivity index (χ4n) is 2.72. The zero-order chi connectivity index (χ0) is 15.2. The van der Waals surface area contributed by atoms with E-state index >= 15 is 0 Å². The number of urea groups is 1. The SMILES string of the molecule is CCc1ccc(CNC(=O)NC2CCCC2C(=O)O)cc1. The van der Waals surface area contributed by atoms with Gasteiger partial charge in [0.2, 0.25) is 0 Å². The van der Waals surface area contributed by atoms with Gasteiger partial charge in [-0.05, 0) is 30.4 Å². The van der Waals surface area contributed by atoms with Crippen LogP contribution in [0.3, 0.4) is 0 Å².